The average molecular weight is 291 g/mol. The monoisotopic (exact) mass is 291 g/mol. The molecule has 3 heteroatoms. The number of aliphatic imine (C=N–C) groups is 1. The van der Waals surface area contributed by atoms with Crippen LogP contribution in [0, 0.1) is 0 Å². The van der Waals surface area contributed by atoms with Crippen LogP contribution in [0.2, 0.25) is 0 Å². The second kappa shape index (κ2) is 5.84. The molecule has 2 aliphatic rings. The van der Waals surface area contributed by atoms with Crippen LogP contribution < -0.4 is 10.6 Å². The first-order valence-corrected chi connectivity index (χ1v) is 8.20. The van der Waals surface area contributed by atoms with Crippen molar-refractivity contribution in [2.75, 3.05) is 10.6 Å². The Morgan fingerprint density at radius 1 is 0.727 bits per heavy atom. The van der Waals surface area contributed by atoms with Crippen molar-refractivity contribution < 1.29 is 0 Å². The summed E-state index contributed by atoms with van der Waals surface area (Å²) in [4.78, 5) is 4.95. The minimum absolute atomic E-state index is 0.446. The summed E-state index contributed by atoms with van der Waals surface area (Å²) < 4.78 is 0. The van der Waals surface area contributed by atoms with Crippen molar-refractivity contribution in [3.8, 4) is 11.1 Å². The maximum absolute atomic E-state index is 4.95. The first kappa shape index (κ1) is 13.4. The van der Waals surface area contributed by atoms with Gasteiger partial charge in [-0.3, -0.25) is 0 Å². The Kier molecular flexibility index (Phi) is 3.55. The number of anilines is 2. The van der Waals surface area contributed by atoms with Gasteiger partial charge < -0.3 is 10.6 Å². The molecular formula is C19H21N3. The van der Waals surface area contributed by atoms with Gasteiger partial charge in [-0.1, -0.05) is 55.7 Å². The summed E-state index contributed by atoms with van der Waals surface area (Å²) in [5.41, 5.74) is 4.68. The molecule has 0 radical (unpaired) electrons. The van der Waals surface area contributed by atoms with Crippen molar-refractivity contribution in [2.45, 2.75) is 38.1 Å². The van der Waals surface area contributed by atoms with E-state index in [1.54, 1.807) is 0 Å². The highest BCUT2D eigenvalue weighted by molar-refractivity contribution is 6.11. The summed E-state index contributed by atoms with van der Waals surface area (Å²) in [5.74, 6) is 0.879. The third-order valence-electron chi connectivity index (χ3n) is 4.54. The van der Waals surface area contributed by atoms with Crippen molar-refractivity contribution in [3.63, 3.8) is 0 Å². The fraction of sp³-hybridized carbons (Fsp3) is 0.316. The molecule has 0 aromatic heterocycles. The number of nitrogens with zero attached hydrogens (tertiary/aromatic N) is 1. The van der Waals surface area contributed by atoms with Crippen LogP contribution in [-0.2, 0) is 0 Å². The molecule has 22 heavy (non-hydrogen) atoms. The number of para-hydroxylation sites is 2. The smallest absolute Gasteiger partial charge is 0.200 e. The van der Waals surface area contributed by atoms with E-state index in [2.05, 4.69) is 59.2 Å². The minimum Gasteiger partial charge on any atom is -0.325 e. The van der Waals surface area contributed by atoms with Crippen LogP contribution in [0.25, 0.3) is 11.1 Å². The van der Waals surface area contributed by atoms with Crippen LogP contribution in [0.4, 0.5) is 11.4 Å². The topological polar surface area (TPSA) is 36.4 Å². The highest BCUT2D eigenvalue weighted by Crippen LogP contribution is 2.36. The van der Waals surface area contributed by atoms with Crippen LogP contribution in [-0.4, -0.2) is 12.0 Å². The largest absolute Gasteiger partial charge is 0.325 e. The molecule has 0 bridgehead atoms. The molecule has 3 nitrogen and oxygen atoms in total. The van der Waals surface area contributed by atoms with Gasteiger partial charge in [-0.15, -0.1) is 0 Å². The Bertz CT molecular complexity index is 650. The summed E-state index contributed by atoms with van der Waals surface area (Å²) in [6.45, 7) is 0. The van der Waals surface area contributed by atoms with E-state index in [9.17, 15) is 0 Å². The Morgan fingerprint density at radius 3 is 1.86 bits per heavy atom. The molecule has 0 unspecified atom stereocenters. The Balaban J connectivity index is 1.75. The highest BCUT2D eigenvalue weighted by atomic mass is 15.2. The minimum atomic E-state index is 0.446. The fourth-order valence-electron chi connectivity index (χ4n) is 3.40. The van der Waals surface area contributed by atoms with Crippen molar-refractivity contribution in [2.24, 2.45) is 4.99 Å². The van der Waals surface area contributed by atoms with E-state index >= 15 is 0 Å². The molecular weight excluding hydrogens is 270 g/mol. The van der Waals surface area contributed by atoms with E-state index < -0.39 is 0 Å². The van der Waals surface area contributed by atoms with Crippen LogP contribution in [0.5, 0.6) is 0 Å². The number of hydrogen-bond donors (Lipinski definition) is 2. The molecule has 1 aliphatic carbocycles. The van der Waals surface area contributed by atoms with Gasteiger partial charge in [0, 0.05) is 22.5 Å². The predicted octanol–water partition coefficient (Wildman–Crippen LogP) is 4.88. The molecule has 1 saturated carbocycles. The quantitative estimate of drug-likeness (QED) is 0.785. The molecule has 0 spiro atoms. The van der Waals surface area contributed by atoms with E-state index in [0.29, 0.717) is 6.04 Å². The first-order chi connectivity index (χ1) is 10.9. The molecule has 0 atom stereocenters. The van der Waals surface area contributed by atoms with Gasteiger partial charge in [-0.05, 0) is 25.0 Å². The summed E-state index contributed by atoms with van der Waals surface area (Å²) in [6, 6.07) is 17.3. The molecule has 0 amide bonds. The molecule has 112 valence electrons. The van der Waals surface area contributed by atoms with Gasteiger partial charge in [0.25, 0.3) is 0 Å². The number of nitrogens with one attached hydrogen (secondary N) is 2. The van der Waals surface area contributed by atoms with Crippen molar-refractivity contribution >= 4 is 17.3 Å². The number of guanidine groups is 1. The number of benzene rings is 2. The molecule has 0 saturated heterocycles. The lowest BCUT2D eigenvalue weighted by molar-refractivity contribution is 0.443. The summed E-state index contributed by atoms with van der Waals surface area (Å²) in [7, 11) is 0. The summed E-state index contributed by atoms with van der Waals surface area (Å²) >= 11 is 0. The zero-order chi connectivity index (χ0) is 14.8. The summed E-state index contributed by atoms with van der Waals surface area (Å²) in [5, 5.41) is 6.99. The molecule has 1 fully saturated rings. The number of fused-ring (bicyclic) bond motifs is 3. The van der Waals surface area contributed by atoms with E-state index in [0.717, 1.165) is 17.3 Å². The zero-order valence-electron chi connectivity index (χ0n) is 12.7. The van der Waals surface area contributed by atoms with Gasteiger partial charge in [0.05, 0.1) is 6.04 Å². The molecule has 2 N–H and O–H groups in total. The Morgan fingerprint density at radius 2 is 1.27 bits per heavy atom. The van der Waals surface area contributed by atoms with Gasteiger partial charge >= 0.3 is 0 Å². The zero-order valence-corrected chi connectivity index (χ0v) is 12.7. The molecule has 1 aliphatic heterocycles. The van der Waals surface area contributed by atoms with E-state index in [4.69, 9.17) is 4.99 Å². The number of hydrogen-bond acceptors (Lipinski definition) is 1. The summed E-state index contributed by atoms with van der Waals surface area (Å²) in [6.07, 6.45) is 6.36. The van der Waals surface area contributed by atoms with Gasteiger partial charge in [0.1, 0.15) is 0 Å². The molecule has 1 heterocycles. The van der Waals surface area contributed by atoms with Crippen LogP contribution >= 0.6 is 0 Å². The van der Waals surface area contributed by atoms with Gasteiger partial charge in [-0.25, -0.2) is 4.99 Å². The standard InChI is InChI=1S/C19H21N3/c1-2-8-14(9-3-1)20-19-21-17-12-6-4-10-15(17)16-11-5-7-13-18(16)22-19/h4-7,10-14H,1-3,8-9H2,(H2,20,21,22). The Hall–Kier alpha value is -2.29. The SMILES string of the molecule is c1ccc2c(c1)NC(=NC1CCCCC1)Nc1ccccc1-2. The van der Waals surface area contributed by atoms with Crippen molar-refractivity contribution in [3.05, 3.63) is 48.5 Å². The second-order valence-electron chi connectivity index (χ2n) is 6.11. The van der Waals surface area contributed by atoms with Gasteiger partial charge in [-0.2, -0.15) is 0 Å². The maximum Gasteiger partial charge on any atom is 0.200 e. The van der Waals surface area contributed by atoms with Crippen LogP contribution in [0.15, 0.2) is 53.5 Å². The average Bonchev–Trinajstić information content (AvgIpc) is 2.72. The lowest BCUT2D eigenvalue weighted by Gasteiger charge is -2.19. The maximum atomic E-state index is 4.95. The van der Waals surface area contributed by atoms with Crippen molar-refractivity contribution in [1.29, 1.82) is 0 Å². The molecule has 2 aromatic carbocycles. The van der Waals surface area contributed by atoms with Crippen LogP contribution in [0.1, 0.15) is 32.1 Å². The first-order valence-electron chi connectivity index (χ1n) is 8.20. The van der Waals surface area contributed by atoms with E-state index in [1.165, 1.54) is 43.2 Å². The molecule has 4 rings (SSSR count). The van der Waals surface area contributed by atoms with Gasteiger partial charge in [0.2, 0.25) is 5.96 Å². The second-order valence-corrected chi connectivity index (χ2v) is 6.11. The van der Waals surface area contributed by atoms with Crippen molar-refractivity contribution in [1.82, 2.24) is 0 Å². The fourth-order valence-corrected chi connectivity index (χ4v) is 3.40. The van der Waals surface area contributed by atoms with Crippen LogP contribution in [0.3, 0.4) is 0 Å². The van der Waals surface area contributed by atoms with Gasteiger partial charge in [0.15, 0.2) is 0 Å². The predicted molar refractivity (Wildman–Crippen MR) is 93.4 cm³/mol. The van der Waals surface area contributed by atoms with E-state index in [1.807, 2.05) is 0 Å². The lowest BCUT2D eigenvalue weighted by Crippen LogP contribution is -2.24. The normalized spacial score (nSPS) is 17.5. The highest BCUT2D eigenvalue weighted by Gasteiger charge is 2.18. The third-order valence-corrected chi connectivity index (χ3v) is 4.54. The lowest BCUT2D eigenvalue weighted by atomic mass is 9.96. The van der Waals surface area contributed by atoms with E-state index in [-0.39, 0.29) is 0 Å². The third kappa shape index (κ3) is 2.59. The molecule has 2 aromatic rings. The number of rotatable bonds is 1. The Labute approximate surface area is 131 Å².